The predicted octanol–water partition coefficient (Wildman–Crippen LogP) is 4.44. The van der Waals surface area contributed by atoms with E-state index in [2.05, 4.69) is 9.71 Å². The number of carbonyl (C=O) groups excluding carboxylic acids is 1. The molecule has 0 aliphatic heterocycles. The first-order valence-corrected chi connectivity index (χ1v) is 13.9. The molecule has 1 aromatic heterocycles. The average Bonchev–Trinajstić information content (AvgIpc) is 3.17. The van der Waals surface area contributed by atoms with Gasteiger partial charge in [0, 0.05) is 12.8 Å². The van der Waals surface area contributed by atoms with Crippen molar-refractivity contribution in [3.05, 3.63) is 54.0 Å². The van der Waals surface area contributed by atoms with E-state index in [1.54, 1.807) is 36.4 Å². The van der Waals surface area contributed by atoms with Gasteiger partial charge in [0.1, 0.15) is 23.9 Å². The zero-order valence-corrected chi connectivity index (χ0v) is 22.3. The molecule has 0 saturated carbocycles. The maximum absolute atomic E-state index is 11.9. The number of amides is 1. The lowest BCUT2D eigenvalue weighted by Crippen LogP contribution is -2.34. The molecule has 14 heteroatoms. The Balaban J connectivity index is 1.79. The van der Waals surface area contributed by atoms with Crippen LogP contribution in [-0.2, 0) is 27.1 Å². The Kier molecular flexibility index (Phi) is 11.2. The molecule has 1 N–H and O–H groups in total. The number of thioether (sulfide) groups is 1. The third-order valence-corrected chi connectivity index (χ3v) is 5.58. The molecule has 0 aliphatic carbocycles. The summed E-state index contributed by atoms with van der Waals surface area (Å²) < 4.78 is 39.9. The smallest absolute Gasteiger partial charge is 0.410 e. The second-order valence-corrected chi connectivity index (χ2v) is 12.3. The Morgan fingerprint density at radius 3 is 2.50 bits per heavy atom. The number of rotatable bonds is 10. The zero-order valence-electron chi connectivity index (χ0n) is 18.4. The maximum Gasteiger partial charge on any atom is 0.410 e. The molecule has 0 radical (unpaired) electrons. The van der Waals surface area contributed by atoms with Crippen LogP contribution >= 0.6 is 46.6 Å². The van der Waals surface area contributed by atoms with Crippen molar-refractivity contribution in [3.63, 3.8) is 0 Å². The molecule has 0 saturated heterocycles. The summed E-state index contributed by atoms with van der Waals surface area (Å²) in [6.45, 7) is 0.146. The van der Waals surface area contributed by atoms with E-state index in [0.29, 0.717) is 35.3 Å². The number of benzene rings is 1. The van der Waals surface area contributed by atoms with Gasteiger partial charge in [-0.25, -0.2) is 22.9 Å². The zero-order chi connectivity index (χ0) is 25.2. The summed E-state index contributed by atoms with van der Waals surface area (Å²) in [5.41, 5.74) is 0. The molecule has 0 spiro atoms. The van der Waals surface area contributed by atoms with Gasteiger partial charge >= 0.3 is 12.1 Å². The van der Waals surface area contributed by atoms with Gasteiger partial charge < -0.3 is 18.8 Å². The number of para-hydroxylation sites is 1. The molecule has 1 heterocycles. The molecule has 0 aliphatic rings. The standard InChI is InChI=1S/C20H24Cl3N3O6S2/c1-26(19(27)30-14-20(21,22)23)12-16-8-9-17(31-16)13-33-11-10-24-18(25-34(2,28)29)32-15-6-4-3-5-7-15/h3-9H,10-14H2,1-2H3,(H,24,25). The van der Waals surface area contributed by atoms with E-state index >= 15 is 0 Å². The van der Waals surface area contributed by atoms with Crippen LogP contribution < -0.4 is 9.46 Å². The summed E-state index contributed by atoms with van der Waals surface area (Å²) in [5, 5.41) is 0. The van der Waals surface area contributed by atoms with Crippen LogP contribution in [0.1, 0.15) is 11.5 Å². The molecule has 1 amide bonds. The van der Waals surface area contributed by atoms with Crippen LogP contribution in [0.15, 0.2) is 51.9 Å². The largest absolute Gasteiger partial charge is 0.463 e. The molecule has 34 heavy (non-hydrogen) atoms. The van der Waals surface area contributed by atoms with E-state index in [-0.39, 0.29) is 19.2 Å². The average molecular weight is 573 g/mol. The Labute approximate surface area is 217 Å². The molecule has 188 valence electrons. The number of sulfonamides is 1. The number of halogens is 3. The third kappa shape index (κ3) is 12.1. The summed E-state index contributed by atoms with van der Waals surface area (Å²) in [6, 6.07) is 12.2. The summed E-state index contributed by atoms with van der Waals surface area (Å²) >= 11 is 18.2. The van der Waals surface area contributed by atoms with E-state index in [1.165, 1.54) is 23.7 Å². The van der Waals surface area contributed by atoms with Crippen molar-refractivity contribution in [2.75, 3.05) is 32.2 Å². The number of nitrogens with zero attached hydrogens (tertiary/aromatic N) is 2. The monoisotopic (exact) mass is 571 g/mol. The summed E-state index contributed by atoms with van der Waals surface area (Å²) in [7, 11) is -2.00. The van der Waals surface area contributed by atoms with Gasteiger partial charge in [-0.15, -0.1) is 0 Å². The van der Waals surface area contributed by atoms with Gasteiger partial charge in [0.25, 0.3) is 0 Å². The number of alkyl halides is 3. The Hall–Kier alpha value is -1.79. The van der Waals surface area contributed by atoms with Gasteiger partial charge in [0.05, 0.1) is 25.1 Å². The van der Waals surface area contributed by atoms with E-state index in [4.69, 9.17) is 48.7 Å². The first-order valence-electron chi connectivity index (χ1n) is 9.76. The molecular formula is C20H24Cl3N3O6S2. The van der Waals surface area contributed by atoms with Crippen LogP contribution in [-0.4, -0.2) is 61.4 Å². The second kappa shape index (κ2) is 13.3. The van der Waals surface area contributed by atoms with Crippen LogP contribution in [0.5, 0.6) is 5.75 Å². The minimum absolute atomic E-state index is 0.0979. The normalized spacial score (nSPS) is 12.3. The first kappa shape index (κ1) is 28.4. The molecule has 0 fully saturated rings. The van der Waals surface area contributed by atoms with Gasteiger partial charge in [-0.3, -0.25) is 0 Å². The molecule has 1 aromatic carbocycles. The number of aliphatic imine (C=N–C) groups is 1. The van der Waals surface area contributed by atoms with Gasteiger partial charge in [0.2, 0.25) is 13.8 Å². The fourth-order valence-electron chi connectivity index (χ4n) is 2.37. The minimum atomic E-state index is -3.54. The SMILES string of the molecule is CN(Cc1ccc(CSCCN=C(NS(C)(=O)=O)Oc2ccccc2)o1)C(=O)OCC(Cl)(Cl)Cl. The quantitative estimate of drug-likeness (QED) is 0.194. The molecule has 0 atom stereocenters. The molecule has 0 unspecified atom stereocenters. The highest BCUT2D eigenvalue weighted by Crippen LogP contribution is 2.26. The number of nitrogens with one attached hydrogen (secondary N) is 1. The van der Waals surface area contributed by atoms with Crippen molar-refractivity contribution >= 4 is 68.7 Å². The fraction of sp³-hybridized carbons (Fsp3) is 0.400. The van der Waals surface area contributed by atoms with E-state index in [0.717, 1.165) is 6.26 Å². The Morgan fingerprint density at radius 2 is 1.85 bits per heavy atom. The van der Waals surface area contributed by atoms with Gasteiger partial charge in [-0.2, -0.15) is 11.8 Å². The molecule has 2 rings (SSSR count). The van der Waals surface area contributed by atoms with Gasteiger partial charge in [-0.05, 0) is 24.3 Å². The lowest BCUT2D eigenvalue weighted by molar-refractivity contribution is 0.108. The van der Waals surface area contributed by atoms with Crippen molar-refractivity contribution in [2.45, 2.75) is 16.1 Å². The topological polar surface area (TPSA) is 110 Å². The fourth-order valence-corrected chi connectivity index (χ4v) is 3.67. The van der Waals surface area contributed by atoms with Crippen LogP contribution in [0.3, 0.4) is 0 Å². The van der Waals surface area contributed by atoms with Gasteiger partial charge in [-0.1, -0.05) is 53.0 Å². The molecule has 9 nitrogen and oxygen atoms in total. The van der Waals surface area contributed by atoms with Crippen LogP contribution in [0.25, 0.3) is 0 Å². The van der Waals surface area contributed by atoms with Crippen molar-refractivity contribution in [1.29, 1.82) is 0 Å². The molecule has 0 bridgehead atoms. The van der Waals surface area contributed by atoms with Crippen molar-refractivity contribution < 1.29 is 27.1 Å². The van der Waals surface area contributed by atoms with Gasteiger partial charge in [0.15, 0.2) is 0 Å². The van der Waals surface area contributed by atoms with Crippen LogP contribution in [0.2, 0.25) is 0 Å². The van der Waals surface area contributed by atoms with Crippen molar-refractivity contribution in [2.24, 2.45) is 4.99 Å². The molecule has 2 aromatic rings. The van der Waals surface area contributed by atoms with Crippen molar-refractivity contribution in [1.82, 2.24) is 9.62 Å². The first-order chi connectivity index (χ1) is 15.9. The lowest BCUT2D eigenvalue weighted by atomic mass is 10.3. The lowest BCUT2D eigenvalue weighted by Gasteiger charge is -2.17. The Bertz CT molecular complexity index is 1060. The summed E-state index contributed by atoms with van der Waals surface area (Å²) in [6.07, 6.45) is 0.380. The van der Waals surface area contributed by atoms with Crippen molar-refractivity contribution in [3.8, 4) is 5.75 Å². The minimum Gasteiger partial charge on any atom is -0.463 e. The highest BCUT2D eigenvalue weighted by atomic mass is 35.6. The number of ether oxygens (including phenoxy) is 2. The number of hydrogen-bond acceptors (Lipinski definition) is 8. The highest BCUT2D eigenvalue weighted by Gasteiger charge is 2.23. The summed E-state index contributed by atoms with van der Waals surface area (Å²) in [4.78, 5) is 17.4. The highest BCUT2D eigenvalue weighted by molar-refractivity contribution is 7.98. The number of furan rings is 1. The number of carbonyl (C=O) groups is 1. The van der Waals surface area contributed by atoms with E-state index in [1.807, 2.05) is 6.07 Å². The van der Waals surface area contributed by atoms with E-state index in [9.17, 15) is 13.2 Å². The number of hydrogen-bond donors (Lipinski definition) is 1. The maximum atomic E-state index is 11.9. The summed E-state index contributed by atoms with van der Waals surface area (Å²) in [5.74, 6) is 2.90. The Morgan fingerprint density at radius 1 is 1.18 bits per heavy atom. The van der Waals surface area contributed by atoms with Crippen LogP contribution in [0, 0.1) is 0 Å². The number of amidine groups is 1. The molecular weight excluding hydrogens is 549 g/mol. The van der Waals surface area contributed by atoms with E-state index < -0.39 is 19.9 Å². The second-order valence-electron chi connectivity index (χ2n) is 6.92. The van der Waals surface area contributed by atoms with Crippen LogP contribution in [0.4, 0.5) is 4.79 Å². The third-order valence-electron chi connectivity index (χ3n) is 3.75. The predicted molar refractivity (Wildman–Crippen MR) is 135 cm³/mol.